The third kappa shape index (κ3) is 3.79. The zero-order valence-electron chi connectivity index (χ0n) is 9.80. The van der Waals surface area contributed by atoms with Gasteiger partial charge in [0.25, 0.3) is 0 Å². The highest BCUT2D eigenvalue weighted by Crippen LogP contribution is 2.08. The van der Waals surface area contributed by atoms with Gasteiger partial charge in [-0.1, -0.05) is 6.92 Å². The minimum absolute atomic E-state index is 0.302. The van der Waals surface area contributed by atoms with Gasteiger partial charge in [-0.2, -0.15) is 5.26 Å². The second-order valence-electron chi connectivity index (χ2n) is 3.59. The maximum absolute atomic E-state index is 11.5. The van der Waals surface area contributed by atoms with Crippen molar-refractivity contribution in [2.24, 2.45) is 0 Å². The molecule has 1 aromatic rings. The van der Waals surface area contributed by atoms with E-state index in [1.54, 1.807) is 31.2 Å². The van der Waals surface area contributed by atoms with Crippen LogP contribution >= 0.6 is 0 Å². The number of nitrogens with one attached hydrogen (secondary N) is 2. The summed E-state index contributed by atoms with van der Waals surface area (Å²) in [6.07, 6.45) is 0.302. The van der Waals surface area contributed by atoms with Crippen molar-refractivity contribution in [1.29, 1.82) is 5.26 Å². The van der Waals surface area contributed by atoms with Crippen LogP contribution in [0.1, 0.15) is 18.9 Å². The molecule has 0 saturated carbocycles. The standard InChI is InChI=1S/C12H13N3O3/c1-2-10(11(16)17)15-12(18)14-9-5-3-8(7-13)4-6-9/h3-6,10H,2H2,1H3,(H,16,17)(H2,14,15,18). The molecule has 0 aliphatic heterocycles. The van der Waals surface area contributed by atoms with E-state index in [0.29, 0.717) is 17.7 Å². The van der Waals surface area contributed by atoms with Gasteiger partial charge in [-0.25, -0.2) is 9.59 Å². The van der Waals surface area contributed by atoms with Crippen LogP contribution in [0.15, 0.2) is 24.3 Å². The van der Waals surface area contributed by atoms with E-state index in [0.717, 1.165) is 0 Å². The zero-order valence-corrected chi connectivity index (χ0v) is 9.80. The maximum Gasteiger partial charge on any atom is 0.326 e. The molecule has 1 atom stereocenters. The van der Waals surface area contributed by atoms with Crippen molar-refractivity contribution < 1.29 is 14.7 Å². The molecule has 1 rings (SSSR count). The molecule has 0 bridgehead atoms. The highest BCUT2D eigenvalue weighted by Gasteiger charge is 2.17. The predicted molar refractivity (Wildman–Crippen MR) is 65.0 cm³/mol. The summed E-state index contributed by atoms with van der Waals surface area (Å²) in [7, 11) is 0. The Morgan fingerprint density at radius 3 is 2.44 bits per heavy atom. The number of nitrogens with zero attached hydrogens (tertiary/aromatic N) is 1. The normalized spacial score (nSPS) is 11.1. The van der Waals surface area contributed by atoms with Crippen LogP contribution in [0.4, 0.5) is 10.5 Å². The fourth-order valence-corrected chi connectivity index (χ4v) is 1.29. The molecule has 2 amide bonds. The van der Waals surface area contributed by atoms with Gasteiger partial charge in [0.2, 0.25) is 0 Å². The molecular formula is C12H13N3O3. The first-order chi connectivity index (χ1) is 8.56. The van der Waals surface area contributed by atoms with Crippen LogP contribution in [0.5, 0.6) is 0 Å². The quantitative estimate of drug-likeness (QED) is 0.750. The minimum Gasteiger partial charge on any atom is -0.480 e. The lowest BCUT2D eigenvalue weighted by Gasteiger charge is -2.13. The first kappa shape index (κ1) is 13.5. The molecule has 1 unspecified atom stereocenters. The predicted octanol–water partition coefficient (Wildman–Crippen LogP) is 1.54. The Kier molecular flexibility index (Phi) is 4.69. The van der Waals surface area contributed by atoms with Gasteiger partial charge in [0.15, 0.2) is 0 Å². The van der Waals surface area contributed by atoms with Crippen LogP contribution in [0.3, 0.4) is 0 Å². The van der Waals surface area contributed by atoms with Gasteiger partial charge in [0.1, 0.15) is 6.04 Å². The lowest BCUT2D eigenvalue weighted by atomic mass is 10.2. The van der Waals surface area contributed by atoms with Crippen LogP contribution in [0, 0.1) is 11.3 Å². The monoisotopic (exact) mass is 247 g/mol. The number of hydrogen-bond acceptors (Lipinski definition) is 3. The number of amides is 2. The van der Waals surface area contributed by atoms with Crippen LogP contribution in [-0.2, 0) is 4.79 Å². The molecule has 3 N–H and O–H groups in total. The first-order valence-corrected chi connectivity index (χ1v) is 5.37. The van der Waals surface area contributed by atoms with Crippen molar-refractivity contribution >= 4 is 17.7 Å². The molecule has 0 heterocycles. The van der Waals surface area contributed by atoms with Crippen molar-refractivity contribution in [3.8, 4) is 6.07 Å². The Morgan fingerprint density at radius 2 is 2.00 bits per heavy atom. The first-order valence-electron chi connectivity index (χ1n) is 5.37. The van der Waals surface area contributed by atoms with Gasteiger partial charge < -0.3 is 15.7 Å². The number of anilines is 1. The molecular weight excluding hydrogens is 234 g/mol. The topological polar surface area (TPSA) is 102 Å². The van der Waals surface area contributed by atoms with Crippen LogP contribution in [0.2, 0.25) is 0 Å². The fourth-order valence-electron chi connectivity index (χ4n) is 1.29. The van der Waals surface area contributed by atoms with Crippen LogP contribution in [-0.4, -0.2) is 23.1 Å². The number of carboxylic acid groups (broad SMARTS) is 1. The van der Waals surface area contributed by atoms with Gasteiger partial charge in [-0.3, -0.25) is 0 Å². The Bertz CT molecular complexity index is 476. The van der Waals surface area contributed by atoms with E-state index in [-0.39, 0.29) is 0 Å². The molecule has 0 spiro atoms. The lowest BCUT2D eigenvalue weighted by molar-refractivity contribution is -0.139. The lowest BCUT2D eigenvalue weighted by Crippen LogP contribution is -2.42. The van der Waals surface area contributed by atoms with E-state index in [9.17, 15) is 9.59 Å². The molecule has 0 saturated heterocycles. The molecule has 18 heavy (non-hydrogen) atoms. The molecule has 94 valence electrons. The van der Waals surface area contributed by atoms with E-state index in [2.05, 4.69) is 10.6 Å². The van der Waals surface area contributed by atoms with E-state index < -0.39 is 18.0 Å². The van der Waals surface area contributed by atoms with E-state index in [1.165, 1.54) is 0 Å². The van der Waals surface area contributed by atoms with Crippen LogP contribution in [0.25, 0.3) is 0 Å². The fraction of sp³-hybridized carbons (Fsp3) is 0.250. The summed E-state index contributed by atoms with van der Waals surface area (Å²) in [5.41, 5.74) is 0.977. The number of rotatable bonds is 4. The summed E-state index contributed by atoms with van der Waals surface area (Å²) in [6.45, 7) is 1.67. The molecule has 1 aromatic carbocycles. The number of hydrogen-bond donors (Lipinski definition) is 3. The van der Waals surface area contributed by atoms with E-state index >= 15 is 0 Å². The summed E-state index contributed by atoms with van der Waals surface area (Å²) in [5, 5.41) is 22.2. The number of benzene rings is 1. The summed E-state index contributed by atoms with van der Waals surface area (Å²) >= 11 is 0. The van der Waals surface area contributed by atoms with Crippen molar-refractivity contribution in [3.63, 3.8) is 0 Å². The van der Waals surface area contributed by atoms with Gasteiger partial charge in [0.05, 0.1) is 11.6 Å². The van der Waals surface area contributed by atoms with Crippen molar-refractivity contribution in [3.05, 3.63) is 29.8 Å². The number of urea groups is 1. The number of aliphatic carboxylic acids is 1. The minimum atomic E-state index is -1.08. The highest BCUT2D eigenvalue weighted by atomic mass is 16.4. The third-order valence-electron chi connectivity index (χ3n) is 2.28. The Hall–Kier alpha value is -2.55. The SMILES string of the molecule is CCC(NC(=O)Nc1ccc(C#N)cc1)C(=O)O. The number of nitriles is 1. The summed E-state index contributed by atoms with van der Waals surface area (Å²) in [5.74, 6) is -1.08. The average molecular weight is 247 g/mol. The van der Waals surface area contributed by atoms with E-state index in [4.69, 9.17) is 10.4 Å². The van der Waals surface area contributed by atoms with Crippen molar-refractivity contribution in [1.82, 2.24) is 5.32 Å². The van der Waals surface area contributed by atoms with Gasteiger partial charge in [-0.15, -0.1) is 0 Å². The molecule has 0 fully saturated rings. The summed E-state index contributed by atoms with van der Waals surface area (Å²) < 4.78 is 0. The molecule has 0 aliphatic carbocycles. The summed E-state index contributed by atoms with van der Waals surface area (Å²) in [6, 6.07) is 6.71. The van der Waals surface area contributed by atoms with Crippen molar-refractivity contribution in [2.75, 3.05) is 5.32 Å². The van der Waals surface area contributed by atoms with Gasteiger partial charge >= 0.3 is 12.0 Å². The maximum atomic E-state index is 11.5. The van der Waals surface area contributed by atoms with E-state index in [1.807, 2.05) is 6.07 Å². The molecule has 6 heteroatoms. The number of carbonyl (C=O) groups is 2. The smallest absolute Gasteiger partial charge is 0.326 e. The largest absolute Gasteiger partial charge is 0.480 e. The number of carbonyl (C=O) groups excluding carboxylic acids is 1. The van der Waals surface area contributed by atoms with Crippen LogP contribution < -0.4 is 10.6 Å². The van der Waals surface area contributed by atoms with Gasteiger partial charge in [0, 0.05) is 5.69 Å². The zero-order chi connectivity index (χ0) is 13.5. The Balaban J connectivity index is 2.59. The Morgan fingerprint density at radius 1 is 1.39 bits per heavy atom. The Labute approximate surface area is 104 Å². The van der Waals surface area contributed by atoms with Gasteiger partial charge in [-0.05, 0) is 30.7 Å². The van der Waals surface area contributed by atoms with Crippen molar-refractivity contribution in [2.45, 2.75) is 19.4 Å². The molecule has 0 radical (unpaired) electrons. The molecule has 6 nitrogen and oxygen atoms in total. The average Bonchev–Trinajstić information content (AvgIpc) is 2.36. The summed E-state index contributed by atoms with van der Waals surface area (Å²) in [4.78, 5) is 22.2. The molecule has 0 aliphatic rings. The second kappa shape index (κ2) is 6.25. The third-order valence-corrected chi connectivity index (χ3v) is 2.28. The highest BCUT2D eigenvalue weighted by molar-refractivity contribution is 5.92. The number of carboxylic acids is 1. The molecule has 0 aromatic heterocycles. The second-order valence-corrected chi connectivity index (χ2v) is 3.59.